The minimum absolute atomic E-state index is 0.470. The molecule has 0 aliphatic carbocycles. The average molecular weight is 191 g/mol. The van der Waals surface area contributed by atoms with Crippen molar-refractivity contribution in [1.82, 2.24) is 9.78 Å². The van der Waals surface area contributed by atoms with Crippen molar-refractivity contribution in [3.8, 4) is 5.69 Å². The molecule has 0 aliphatic rings. The smallest absolute Gasteiger partial charge is 0.233 e. The number of nitrogens with zero attached hydrogens (tertiary/aromatic N) is 2. The summed E-state index contributed by atoms with van der Waals surface area (Å²) in [5.41, 5.74) is 1.86. The number of hydrogen-bond donors (Lipinski definition) is 1. The average Bonchev–Trinajstić information content (AvgIpc) is 2.65. The van der Waals surface area contributed by atoms with Crippen molar-refractivity contribution in [2.45, 2.75) is 0 Å². The van der Waals surface area contributed by atoms with Crippen molar-refractivity contribution in [2.24, 2.45) is 0 Å². The summed E-state index contributed by atoms with van der Waals surface area (Å²) in [6, 6.07) is 8.90. The molecule has 0 bridgehead atoms. The van der Waals surface area contributed by atoms with Crippen LogP contribution < -0.4 is 5.32 Å². The number of nitrogens with one attached hydrogen (secondary N) is 1. The Balaban J connectivity index is 2.33. The van der Waals surface area contributed by atoms with Crippen LogP contribution in [-0.2, 0) is 0 Å². The molecule has 1 N–H and O–H groups in total. The highest BCUT2D eigenvalue weighted by molar-refractivity contribution is 5.47. The van der Waals surface area contributed by atoms with Crippen molar-refractivity contribution >= 4 is 5.69 Å². The van der Waals surface area contributed by atoms with Crippen LogP contribution in [-0.4, -0.2) is 16.8 Å². The molecule has 72 valence electrons. The molecule has 0 spiro atoms. The van der Waals surface area contributed by atoms with Gasteiger partial charge in [-0.3, -0.25) is 0 Å². The summed E-state index contributed by atoms with van der Waals surface area (Å²) in [7, 11) is 1.85. The normalized spacial score (nSPS) is 10.1. The van der Waals surface area contributed by atoms with Crippen molar-refractivity contribution in [3.05, 3.63) is 42.5 Å². The van der Waals surface area contributed by atoms with Crippen LogP contribution in [0.25, 0.3) is 5.69 Å². The summed E-state index contributed by atoms with van der Waals surface area (Å²) >= 11 is 0. The Morgan fingerprint density at radius 2 is 1.93 bits per heavy atom. The van der Waals surface area contributed by atoms with Gasteiger partial charge >= 0.3 is 0 Å². The van der Waals surface area contributed by atoms with Crippen molar-refractivity contribution < 1.29 is 4.39 Å². The molecule has 0 aliphatic heterocycles. The van der Waals surface area contributed by atoms with Gasteiger partial charge in [0.2, 0.25) is 5.95 Å². The Morgan fingerprint density at radius 1 is 1.21 bits per heavy atom. The van der Waals surface area contributed by atoms with E-state index in [1.54, 1.807) is 6.20 Å². The highest BCUT2D eigenvalue weighted by Gasteiger charge is 1.99. The fraction of sp³-hybridized carbons (Fsp3) is 0.100. The fourth-order valence-corrected chi connectivity index (χ4v) is 1.23. The SMILES string of the molecule is CNc1ccc(-n2ccc(F)n2)cc1. The molecule has 1 heterocycles. The van der Waals surface area contributed by atoms with Gasteiger partial charge in [0.1, 0.15) is 0 Å². The number of rotatable bonds is 2. The molecule has 0 amide bonds. The predicted molar refractivity (Wildman–Crippen MR) is 53.1 cm³/mol. The van der Waals surface area contributed by atoms with Gasteiger partial charge in [-0.05, 0) is 24.3 Å². The van der Waals surface area contributed by atoms with Gasteiger partial charge in [0.05, 0.1) is 5.69 Å². The molecule has 0 unspecified atom stereocenters. The molecule has 0 radical (unpaired) electrons. The van der Waals surface area contributed by atoms with Gasteiger partial charge in [-0.25, -0.2) is 4.68 Å². The maximum atomic E-state index is 12.6. The first kappa shape index (κ1) is 8.74. The lowest BCUT2D eigenvalue weighted by Gasteiger charge is -2.02. The van der Waals surface area contributed by atoms with Gasteiger partial charge in [0, 0.05) is 25.0 Å². The lowest BCUT2D eigenvalue weighted by Crippen LogP contribution is -1.95. The van der Waals surface area contributed by atoms with Gasteiger partial charge in [0.25, 0.3) is 0 Å². The van der Waals surface area contributed by atoms with Crippen molar-refractivity contribution in [1.29, 1.82) is 0 Å². The van der Waals surface area contributed by atoms with E-state index in [9.17, 15) is 4.39 Å². The number of halogens is 1. The second kappa shape index (κ2) is 3.49. The summed E-state index contributed by atoms with van der Waals surface area (Å²) in [6.45, 7) is 0. The first-order valence-electron chi connectivity index (χ1n) is 4.29. The number of anilines is 1. The fourth-order valence-electron chi connectivity index (χ4n) is 1.23. The van der Waals surface area contributed by atoms with Crippen LogP contribution in [0.5, 0.6) is 0 Å². The van der Waals surface area contributed by atoms with Crippen molar-refractivity contribution in [2.75, 3.05) is 12.4 Å². The number of benzene rings is 1. The third-order valence-corrected chi connectivity index (χ3v) is 1.98. The minimum Gasteiger partial charge on any atom is -0.388 e. The predicted octanol–water partition coefficient (Wildman–Crippen LogP) is 2.05. The first-order chi connectivity index (χ1) is 6.79. The van der Waals surface area contributed by atoms with E-state index in [-0.39, 0.29) is 0 Å². The third kappa shape index (κ3) is 1.59. The first-order valence-corrected chi connectivity index (χ1v) is 4.29. The topological polar surface area (TPSA) is 29.9 Å². The van der Waals surface area contributed by atoms with Gasteiger partial charge in [-0.2, -0.15) is 4.39 Å². The van der Waals surface area contributed by atoms with Gasteiger partial charge in [-0.15, -0.1) is 5.10 Å². The number of hydrogen-bond acceptors (Lipinski definition) is 2. The van der Waals surface area contributed by atoms with E-state index in [1.165, 1.54) is 10.7 Å². The summed E-state index contributed by atoms with van der Waals surface area (Å²) in [5, 5.41) is 6.67. The maximum absolute atomic E-state index is 12.6. The van der Waals surface area contributed by atoms with Crippen molar-refractivity contribution in [3.63, 3.8) is 0 Å². The molecule has 0 atom stereocenters. The van der Waals surface area contributed by atoms with E-state index in [0.717, 1.165) is 11.4 Å². The summed E-state index contributed by atoms with van der Waals surface area (Å²) in [5.74, 6) is -0.470. The molecule has 0 saturated heterocycles. The molecular formula is C10H10FN3. The van der Waals surface area contributed by atoms with Crippen LogP contribution in [0.15, 0.2) is 36.5 Å². The highest BCUT2D eigenvalue weighted by Crippen LogP contribution is 2.11. The van der Waals surface area contributed by atoms with E-state index >= 15 is 0 Å². The zero-order chi connectivity index (χ0) is 9.97. The lowest BCUT2D eigenvalue weighted by molar-refractivity contribution is 0.566. The van der Waals surface area contributed by atoms with Gasteiger partial charge in [0.15, 0.2) is 0 Å². The minimum atomic E-state index is -0.470. The van der Waals surface area contributed by atoms with E-state index in [0.29, 0.717) is 0 Å². The second-order valence-corrected chi connectivity index (χ2v) is 2.88. The third-order valence-electron chi connectivity index (χ3n) is 1.98. The zero-order valence-electron chi connectivity index (χ0n) is 7.74. The van der Waals surface area contributed by atoms with E-state index < -0.39 is 5.95 Å². The standard InChI is InChI=1S/C10H10FN3/c1-12-8-2-4-9(5-3-8)14-7-6-10(11)13-14/h2-7,12H,1H3. The van der Waals surface area contributed by atoms with Crippen LogP contribution in [0.3, 0.4) is 0 Å². The molecule has 3 nitrogen and oxygen atoms in total. The number of aromatic nitrogens is 2. The molecule has 4 heteroatoms. The van der Waals surface area contributed by atoms with Gasteiger partial charge < -0.3 is 5.32 Å². The Hall–Kier alpha value is -1.84. The molecular weight excluding hydrogens is 181 g/mol. The van der Waals surface area contributed by atoms with Crippen LogP contribution in [0.2, 0.25) is 0 Å². The molecule has 1 aromatic carbocycles. The van der Waals surface area contributed by atoms with Crippen LogP contribution in [0.4, 0.5) is 10.1 Å². The van der Waals surface area contributed by atoms with Crippen LogP contribution >= 0.6 is 0 Å². The van der Waals surface area contributed by atoms with Crippen LogP contribution in [0.1, 0.15) is 0 Å². The Kier molecular flexibility index (Phi) is 2.18. The van der Waals surface area contributed by atoms with Gasteiger partial charge in [-0.1, -0.05) is 0 Å². The van der Waals surface area contributed by atoms with E-state index in [4.69, 9.17) is 0 Å². The maximum Gasteiger partial charge on any atom is 0.233 e. The monoisotopic (exact) mass is 191 g/mol. The van der Waals surface area contributed by atoms with E-state index in [2.05, 4.69) is 10.4 Å². The highest BCUT2D eigenvalue weighted by atomic mass is 19.1. The second-order valence-electron chi connectivity index (χ2n) is 2.88. The Bertz CT molecular complexity index is 419. The molecule has 14 heavy (non-hydrogen) atoms. The van der Waals surface area contributed by atoms with E-state index in [1.807, 2.05) is 31.3 Å². The molecule has 2 aromatic rings. The summed E-state index contributed by atoms with van der Waals surface area (Å²) in [4.78, 5) is 0. The molecule has 0 fully saturated rings. The largest absolute Gasteiger partial charge is 0.388 e. The Labute approximate surface area is 81.2 Å². The zero-order valence-corrected chi connectivity index (χ0v) is 7.74. The molecule has 0 saturated carbocycles. The quantitative estimate of drug-likeness (QED) is 0.787. The molecule has 1 aromatic heterocycles. The molecule has 2 rings (SSSR count). The Morgan fingerprint density at radius 3 is 2.43 bits per heavy atom. The lowest BCUT2D eigenvalue weighted by atomic mass is 10.3. The summed E-state index contributed by atoms with van der Waals surface area (Å²) in [6.07, 6.45) is 1.59. The summed E-state index contributed by atoms with van der Waals surface area (Å²) < 4.78 is 14.1. The van der Waals surface area contributed by atoms with Crippen LogP contribution in [0, 0.1) is 5.95 Å².